The quantitative estimate of drug-likeness (QED) is 0.943. The van der Waals surface area contributed by atoms with Crippen molar-refractivity contribution in [2.75, 3.05) is 5.32 Å². The summed E-state index contributed by atoms with van der Waals surface area (Å²) in [5, 5.41) is 7.69. The van der Waals surface area contributed by atoms with Crippen LogP contribution in [0.25, 0.3) is 0 Å². The number of benzene rings is 1. The number of aromatic nitrogens is 3. The van der Waals surface area contributed by atoms with E-state index >= 15 is 0 Å². The predicted molar refractivity (Wildman–Crippen MR) is 74.4 cm³/mol. The van der Waals surface area contributed by atoms with Gasteiger partial charge in [0, 0.05) is 22.2 Å². The van der Waals surface area contributed by atoms with Crippen LogP contribution >= 0.6 is 23.2 Å². The van der Waals surface area contributed by atoms with Gasteiger partial charge in [0.1, 0.15) is 12.7 Å². The highest BCUT2D eigenvalue weighted by Crippen LogP contribution is 2.23. The first-order chi connectivity index (χ1) is 9.04. The number of carbonyl (C=O) groups excluding carboxylic acids is 1. The van der Waals surface area contributed by atoms with Gasteiger partial charge in [-0.2, -0.15) is 5.10 Å². The average Bonchev–Trinajstić information content (AvgIpc) is 2.80. The second-order valence-electron chi connectivity index (χ2n) is 4.13. The molecule has 0 aliphatic rings. The van der Waals surface area contributed by atoms with Crippen molar-refractivity contribution in [2.45, 2.75) is 19.4 Å². The normalized spacial score (nSPS) is 12.2. The van der Waals surface area contributed by atoms with E-state index in [4.69, 9.17) is 23.2 Å². The molecule has 0 bridgehead atoms. The lowest BCUT2D eigenvalue weighted by Crippen LogP contribution is -2.17. The lowest BCUT2D eigenvalue weighted by Gasteiger charge is -2.11. The lowest BCUT2D eigenvalue weighted by atomic mass is 10.2. The van der Waals surface area contributed by atoms with Crippen molar-refractivity contribution in [2.24, 2.45) is 0 Å². The molecule has 0 saturated heterocycles. The number of nitrogens with zero attached hydrogens (tertiary/aromatic N) is 3. The van der Waals surface area contributed by atoms with Crippen molar-refractivity contribution in [3.8, 4) is 0 Å². The van der Waals surface area contributed by atoms with E-state index in [1.54, 1.807) is 29.2 Å². The van der Waals surface area contributed by atoms with E-state index in [0.29, 0.717) is 15.7 Å². The maximum absolute atomic E-state index is 11.9. The molecule has 0 radical (unpaired) electrons. The number of hydrogen-bond acceptors (Lipinski definition) is 3. The average molecular weight is 299 g/mol. The van der Waals surface area contributed by atoms with Gasteiger partial charge in [-0.05, 0) is 25.1 Å². The molecule has 2 aromatic rings. The Balaban J connectivity index is 1.97. The van der Waals surface area contributed by atoms with Gasteiger partial charge in [-0.25, -0.2) is 9.67 Å². The topological polar surface area (TPSA) is 59.8 Å². The largest absolute Gasteiger partial charge is 0.326 e. The molecule has 1 atom stereocenters. The fourth-order valence-corrected chi connectivity index (χ4v) is 2.17. The van der Waals surface area contributed by atoms with E-state index in [1.807, 2.05) is 6.92 Å². The Morgan fingerprint density at radius 2 is 2.05 bits per heavy atom. The highest BCUT2D eigenvalue weighted by atomic mass is 35.5. The molecule has 5 nitrogen and oxygen atoms in total. The summed E-state index contributed by atoms with van der Waals surface area (Å²) in [5.41, 5.74) is 0.577. The van der Waals surface area contributed by atoms with E-state index in [2.05, 4.69) is 15.4 Å². The van der Waals surface area contributed by atoms with E-state index in [1.165, 1.54) is 6.33 Å². The minimum Gasteiger partial charge on any atom is -0.326 e. The van der Waals surface area contributed by atoms with Gasteiger partial charge in [-0.3, -0.25) is 4.79 Å². The van der Waals surface area contributed by atoms with E-state index in [0.717, 1.165) is 0 Å². The first-order valence-corrected chi connectivity index (χ1v) is 6.40. The van der Waals surface area contributed by atoms with E-state index in [9.17, 15) is 4.79 Å². The third-order valence-corrected chi connectivity index (χ3v) is 2.95. The fourth-order valence-electron chi connectivity index (χ4n) is 1.64. The van der Waals surface area contributed by atoms with Crippen LogP contribution in [0.15, 0.2) is 30.9 Å². The summed E-state index contributed by atoms with van der Waals surface area (Å²) in [7, 11) is 0. The van der Waals surface area contributed by atoms with Crippen LogP contribution in [-0.4, -0.2) is 20.7 Å². The molecular formula is C12H12Cl2N4O. The summed E-state index contributed by atoms with van der Waals surface area (Å²) < 4.78 is 1.63. The molecule has 2 rings (SSSR count). The molecule has 19 heavy (non-hydrogen) atoms. The SMILES string of the molecule is C[C@@H](CC(=O)Nc1cc(Cl)cc(Cl)c1)n1cncn1. The minimum absolute atomic E-state index is 0.0721. The van der Waals surface area contributed by atoms with Gasteiger partial charge >= 0.3 is 0 Å². The summed E-state index contributed by atoms with van der Waals surface area (Å²) >= 11 is 11.7. The molecule has 7 heteroatoms. The number of hydrogen-bond donors (Lipinski definition) is 1. The van der Waals surface area contributed by atoms with Crippen LogP contribution < -0.4 is 5.32 Å². The standard InChI is InChI=1S/C12H12Cl2N4O/c1-8(18-7-15-6-16-18)2-12(19)17-11-4-9(13)3-10(14)5-11/h3-8H,2H2,1H3,(H,17,19)/t8-/m0/s1. The zero-order chi connectivity index (χ0) is 13.8. The first kappa shape index (κ1) is 13.8. The molecule has 0 unspecified atom stereocenters. The first-order valence-electron chi connectivity index (χ1n) is 5.64. The minimum atomic E-state index is -0.138. The number of amides is 1. The zero-order valence-corrected chi connectivity index (χ0v) is 11.7. The summed E-state index contributed by atoms with van der Waals surface area (Å²) in [6.07, 6.45) is 3.30. The van der Waals surface area contributed by atoms with Crippen molar-refractivity contribution in [3.05, 3.63) is 40.9 Å². The van der Waals surface area contributed by atoms with Gasteiger partial charge in [0.25, 0.3) is 0 Å². The maximum atomic E-state index is 11.9. The van der Waals surface area contributed by atoms with Crippen LogP contribution in [0.4, 0.5) is 5.69 Å². The van der Waals surface area contributed by atoms with Crippen molar-refractivity contribution in [3.63, 3.8) is 0 Å². The van der Waals surface area contributed by atoms with Crippen molar-refractivity contribution < 1.29 is 4.79 Å². The summed E-state index contributed by atoms with van der Waals surface area (Å²) in [4.78, 5) is 15.7. The number of carbonyl (C=O) groups is 1. The van der Waals surface area contributed by atoms with Gasteiger partial charge in [0.2, 0.25) is 5.91 Å². The fraction of sp³-hybridized carbons (Fsp3) is 0.250. The third-order valence-electron chi connectivity index (χ3n) is 2.52. The van der Waals surface area contributed by atoms with Crippen LogP contribution in [0, 0.1) is 0 Å². The molecule has 0 spiro atoms. The van der Waals surface area contributed by atoms with Crippen LogP contribution in [0.5, 0.6) is 0 Å². The van der Waals surface area contributed by atoms with Gasteiger partial charge in [-0.1, -0.05) is 23.2 Å². The highest BCUT2D eigenvalue weighted by Gasteiger charge is 2.12. The van der Waals surface area contributed by atoms with Crippen LogP contribution in [0.2, 0.25) is 10.0 Å². The maximum Gasteiger partial charge on any atom is 0.226 e. The number of nitrogens with one attached hydrogen (secondary N) is 1. The highest BCUT2D eigenvalue weighted by molar-refractivity contribution is 6.35. The van der Waals surface area contributed by atoms with E-state index in [-0.39, 0.29) is 18.4 Å². The molecule has 0 saturated carbocycles. The third kappa shape index (κ3) is 3.94. The molecule has 1 aromatic carbocycles. The van der Waals surface area contributed by atoms with Crippen molar-refractivity contribution >= 4 is 34.8 Å². The van der Waals surface area contributed by atoms with Gasteiger partial charge < -0.3 is 5.32 Å². The second kappa shape index (κ2) is 6.04. The molecule has 0 aliphatic heterocycles. The molecule has 1 amide bonds. The Hall–Kier alpha value is -1.59. The van der Waals surface area contributed by atoms with Crippen molar-refractivity contribution in [1.82, 2.24) is 14.8 Å². The molecule has 100 valence electrons. The zero-order valence-electron chi connectivity index (χ0n) is 10.2. The van der Waals surface area contributed by atoms with E-state index < -0.39 is 0 Å². The molecule has 0 aliphatic carbocycles. The van der Waals surface area contributed by atoms with Crippen molar-refractivity contribution in [1.29, 1.82) is 0 Å². The smallest absolute Gasteiger partial charge is 0.226 e. The second-order valence-corrected chi connectivity index (χ2v) is 5.01. The Labute approximate surface area is 120 Å². The summed E-state index contributed by atoms with van der Waals surface area (Å²) in [5.74, 6) is -0.138. The predicted octanol–water partition coefficient (Wildman–Crippen LogP) is 3.17. The monoisotopic (exact) mass is 298 g/mol. The molecule has 0 fully saturated rings. The number of rotatable bonds is 4. The number of anilines is 1. The Morgan fingerprint density at radius 1 is 1.37 bits per heavy atom. The van der Waals surface area contributed by atoms with Gasteiger partial charge in [-0.15, -0.1) is 0 Å². The van der Waals surface area contributed by atoms with Crippen LogP contribution in [-0.2, 0) is 4.79 Å². The van der Waals surface area contributed by atoms with Crippen LogP contribution in [0.1, 0.15) is 19.4 Å². The molecular weight excluding hydrogens is 287 g/mol. The Kier molecular flexibility index (Phi) is 4.39. The molecule has 1 aromatic heterocycles. The summed E-state index contributed by atoms with van der Waals surface area (Å²) in [6.45, 7) is 1.89. The van der Waals surface area contributed by atoms with Gasteiger partial charge in [0.05, 0.1) is 6.04 Å². The van der Waals surface area contributed by atoms with Crippen LogP contribution in [0.3, 0.4) is 0 Å². The lowest BCUT2D eigenvalue weighted by molar-refractivity contribution is -0.116. The number of halogens is 2. The molecule has 1 heterocycles. The Morgan fingerprint density at radius 3 is 2.63 bits per heavy atom. The van der Waals surface area contributed by atoms with Gasteiger partial charge in [0.15, 0.2) is 0 Å². The molecule has 1 N–H and O–H groups in total. The summed E-state index contributed by atoms with van der Waals surface area (Å²) in [6, 6.07) is 4.82. The Bertz CT molecular complexity index is 551.